The second-order valence-electron chi connectivity index (χ2n) is 6.73. The van der Waals surface area contributed by atoms with Gasteiger partial charge in [0, 0.05) is 17.6 Å². The van der Waals surface area contributed by atoms with Crippen LogP contribution in [0.4, 0.5) is 13.2 Å². The van der Waals surface area contributed by atoms with E-state index in [1.165, 1.54) is 5.56 Å². The summed E-state index contributed by atoms with van der Waals surface area (Å²) in [5, 5.41) is 0.374. The fraction of sp³-hybridized carbons (Fsp3) is 0.333. The molecule has 4 rings (SSSR count). The molecule has 0 bridgehead atoms. The lowest BCUT2D eigenvalue weighted by atomic mass is 10.0. The Labute approximate surface area is 145 Å². The van der Waals surface area contributed by atoms with E-state index in [0.29, 0.717) is 24.0 Å². The van der Waals surface area contributed by atoms with E-state index >= 15 is 0 Å². The van der Waals surface area contributed by atoms with E-state index in [1.54, 1.807) is 12.1 Å². The molecule has 0 saturated carbocycles. The monoisotopic (exact) mass is 343 g/mol. The van der Waals surface area contributed by atoms with Gasteiger partial charge in [0.25, 0.3) is 0 Å². The largest absolute Gasteiger partial charge is 0.418 e. The topological polar surface area (TPSA) is 4.93 Å². The Hall–Kier alpha value is -2.23. The summed E-state index contributed by atoms with van der Waals surface area (Å²) in [7, 11) is 0. The van der Waals surface area contributed by atoms with Crippen molar-refractivity contribution in [2.24, 2.45) is 0 Å². The van der Waals surface area contributed by atoms with Crippen LogP contribution in [-0.4, -0.2) is 4.57 Å². The average molecular weight is 343 g/mol. The van der Waals surface area contributed by atoms with Gasteiger partial charge in [0.1, 0.15) is 0 Å². The Kier molecular flexibility index (Phi) is 4.06. The summed E-state index contributed by atoms with van der Waals surface area (Å²) in [6.07, 6.45) is -0.566. The lowest BCUT2D eigenvalue weighted by molar-refractivity contribution is -0.137. The smallest absolute Gasteiger partial charge is 0.344 e. The van der Waals surface area contributed by atoms with Crippen LogP contribution in [-0.2, 0) is 32.0 Å². The number of benzene rings is 2. The maximum atomic E-state index is 13.8. The van der Waals surface area contributed by atoms with E-state index in [2.05, 4.69) is 0 Å². The van der Waals surface area contributed by atoms with E-state index in [4.69, 9.17) is 0 Å². The Bertz CT molecular complexity index is 891. The van der Waals surface area contributed by atoms with Crippen molar-refractivity contribution in [1.82, 2.24) is 4.57 Å². The Balaban J connectivity index is 1.73. The molecule has 0 unspecified atom stereocenters. The van der Waals surface area contributed by atoms with Crippen molar-refractivity contribution in [3.63, 3.8) is 0 Å². The van der Waals surface area contributed by atoms with Crippen molar-refractivity contribution < 1.29 is 13.2 Å². The molecule has 0 radical (unpaired) electrons. The Morgan fingerprint density at radius 1 is 0.920 bits per heavy atom. The standard InChI is InChI=1S/C21H20F3N/c22-21(23,24)19-17-12-5-10-16-11-6-14-25(20(16)17)18(19)13-4-9-15-7-2-1-3-8-15/h1-3,5,7-8,10,12H,4,6,9,11,13-14H2. The van der Waals surface area contributed by atoms with E-state index in [9.17, 15) is 13.2 Å². The number of hydrogen-bond donors (Lipinski definition) is 0. The van der Waals surface area contributed by atoms with Gasteiger partial charge in [-0.2, -0.15) is 13.2 Å². The van der Waals surface area contributed by atoms with Crippen LogP contribution < -0.4 is 0 Å². The fourth-order valence-corrected chi connectivity index (χ4v) is 4.09. The molecule has 1 aromatic heterocycles. The highest BCUT2D eigenvalue weighted by Crippen LogP contribution is 2.42. The van der Waals surface area contributed by atoms with Gasteiger partial charge in [0.05, 0.1) is 11.1 Å². The predicted octanol–water partition coefficient (Wildman–Crippen LogP) is 5.78. The second-order valence-corrected chi connectivity index (χ2v) is 6.73. The molecule has 3 aromatic rings. The van der Waals surface area contributed by atoms with Crippen LogP contribution in [0, 0.1) is 0 Å². The zero-order valence-corrected chi connectivity index (χ0v) is 13.9. The summed E-state index contributed by atoms with van der Waals surface area (Å²) in [5.41, 5.74) is 3.07. The summed E-state index contributed by atoms with van der Waals surface area (Å²) in [6.45, 7) is 0.685. The van der Waals surface area contributed by atoms with Gasteiger partial charge >= 0.3 is 6.18 Å². The molecule has 0 N–H and O–H groups in total. The number of rotatable bonds is 4. The molecule has 1 aliphatic heterocycles. The van der Waals surface area contributed by atoms with Crippen molar-refractivity contribution in [3.8, 4) is 0 Å². The van der Waals surface area contributed by atoms with Crippen LogP contribution in [0.15, 0.2) is 48.5 Å². The maximum absolute atomic E-state index is 13.8. The number of aromatic nitrogens is 1. The lowest BCUT2D eigenvalue weighted by Gasteiger charge is -2.18. The molecule has 0 aliphatic carbocycles. The fourth-order valence-electron chi connectivity index (χ4n) is 4.09. The third-order valence-electron chi connectivity index (χ3n) is 5.11. The third kappa shape index (κ3) is 2.94. The Morgan fingerprint density at radius 3 is 2.48 bits per heavy atom. The van der Waals surface area contributed by atoms with E-state index in [1.807, 2.05) is 41.0 Å². The Morgan fingerprint density at radius 2 is 1.72 bits per heavy atom. The first kappa shape index (κ1) is 16.2. The number of para-hydroxylation sites is 1. The van der Waals surface area contributed by atoms with Crippen molar-refractivity contribution >= 4 is 10.9 Å². The van der Waals surface area contributed by atoms with Crippen molar-refractivity contribution in [3.05, 3.63) is 70.9 Å². The molecule has 0 fully saturated rings. The normalized spacial score (nSPS) is 14.2. The molecule has 25 heavy (non-hydrogen) atoms. The first-order valence-corrected chi connectivity index (χ1v) is 8.80. The molecular weight excluding hydrogens is 323 g/mol. The summed E-state index contributed by atoms with van der Waals surface area (Å²) >= 11 is 0. The molecule has 0 saturated heterocycles. The van der Waals surface area contributed by atoms with Crippen LogP contribution in [0.2, 0.25) is 0 Å². The van der Waals surface area contributed by atoms with Gasteiger partial charge in [-0.1, -0.05) is 48.5 Å². The molecule has 130 valence electrons. The zero-order chi connectivity index (χ0) is 17.4. The number of alkyl halides is 3. The van der Waals surface area contributed by atoms with Gasteiger partial charge in [-0.15, -0.1) is 0 Å². The minimum absolute atomic E-state index is 0.374. The molecule has 2 heterocycles. The highest BCUT2D eigenvalue weighted by Gasteiger charge is 2.39. The van der Waals surface area contributed by atoms with Gasteiger partial charge < -0.3 is 4.57 Å². The molecule has 2 aromatic carbocycles. The molecule has 1 aliphatic rings. The summed E-state index contributed by atoms with van der Waals surface area (Å²) in [6, 6.07) is 15.3. The van der Waals surface area contributed by atoms with Crippen LogP contribution in [0.1, 0.15) is 35.2 Å². The minimum atomic E-state index is -4.31. The molecule has 0 spiro atoms. The van der Waals surface area contributed by atoms with Crippen LogP contribution in [0.3, 0.4) is 0 Å². The molecule has 1 nitrogen and oxygen atoms in total. The summed E-state index contributed by atoms with van der Waals surface area (Å²) in [4.78, 5) is 0. The van der Waals surface area contributed by atoms with Gasteiger partial charge in [-0.3, -0.25) is 0 Å². The van der Waals surface area contributed by atoms with Gasteiger partial charge in [-0.05, 0) is 43.2 Å². The lowest BCUT2D eigenvalue weighted by Crippen LogP contribution is -2.13. The second kappa shape index (κ2) is 6.25. The maximum Gasteiger partial charge on any atom is 0.418 e. The van der Waals surface area contributed by atoms with E-state index < -0.39 is 11.7 Å². The van der Waals surface area contributed by atoms with Crippen molar-refractivity contribution in [1.29, 1.82) is 0 Å². The number of halogens is 3. The van der Waals surface area contributed by atoms with Crippen LogP contribution >= 0.6 is 0 Å². The third-order valence-corrected chi connectivity index (χ3v) is 5.11. The van der Waals surface area contributed by atoms with Gasteiger partial charge in [-0.25, -0.2) is 0 Å². The highest BCUT2D eigenvalue weighted by atomic mass is 19.4. The van der Waals surface area contributed by atoms with E-state index in [-0.39, 0.29) is 0 Å². The molecular formula is C21H20F3N. The zero-order valence-electron chi connectivity index (χ0n) is 13.9. The minimum Gasteiger partial charge on any atom is -0.344 e. The van der Waals surface area contributed by atoms with Crippen LogP contribution in [0.5, 0.6) is 0 Å². The summed E-state index contributed by atoms with van der Waals surface area (Å²) in [5.74, 6) is 0. The molecule has 4 heteroatoms. The quantitative estimate of drug-likeness (QED) is 0.566. The predicted molar refractivity (Wildman–Crippen MR) is 93.7 cm³/mol. The molecule has 0 amide bonds. The van der Waals surface area contributed by atoms with Crippen molar-refractivity contribution in [2.45, 2.75) is 44.8 Å². The first-order valence-electron chi connectivity index (χ1n) is 8.80. The number of hydrogen-bond acceptors (Lipinski definition) is 0. The van der Waals surface area contributed by atoms with Gasteiger partial charge in [0.15, 0.2) is 0 Å². The highest BCUT2D eigenvalue weighted by molar-refractivity contribution is 5.89. The number of nitrogens with zero attached hydrogens (tertiary/aromatic N) is 1. The summed E-state index contributed by atoms with van der Waals surface area (Å²) < 4.78 is 43.4. The average Bonchev–Trinajstić information content (AvgIpc) is 2.92. The van der Waals surface area contributed by atoms with Crippen LogP contribution in [0.25, 0.3) is 10.9 Å². The first-order chi connectivity index (χ1) is 12.1. The SMILES string of the molecule is FC(F)(F)c1c(CCCc2ccccc2)n2c3c(cccc13)CCC2. The van der Waals surface area contributed by atoms with Gasteiger partial charge in [0.2, 0.25) is 0 Å². The van der Waals surface area contributed by atoms with Crippen molar-refractivity contribution in [2.75, 3.05) is 0 Å². The number of aryl methyl sites for hydroxylation is 3. The molecule has 0 atom stereocenters. The van der Waals surface area contributed by atoms with E-state index in [0.717, 1.165) is 36.8 Å².